The van der Waals surface area contributed by atoms with Gasteiger partial charge in [0.15, 0.2) is 0 Å². The van der Waals surface area contributed by atoms with Gasteiger partial charge in [-0.1, -0.05) is 11.6 Å². The zero-order valence-corrected chi connectivity index (χ0v) is 21.8. The molecule has 1 aromatic carbocycles. The number of aryl methyl sites for hydroxylation is 1. The fraction of sp³-hybridized carbons (Fsp3) is 0.208. The van der Waals surface area contributed by atoms with Crippen molar-refractivity contribution in [3.05, 3.63) is 81.5 Å². The molecule has 14 heteroatoms. The second-order valence-corrected chi connectivity index (χ2v) is 9.25. The number of amides is 2. The number of pyridine rings is 1. The Morgan fingerprint density at radius 3 is 2.76 bits per heavy atom. The van der Waals surface area contributed by atoms with Crippen LogP contribution in [0, 0.1) is 18.3 Å². The molecular weight excluding hydrogens is 534 g/mol. The predicted octanol–water partition coefficient (Wildman–Crippen LogP) is 1.54. The number of nitrogens with zero attached hydrogens (tertiary/aromatic N) is 4. The molecule has 2 aromatic rings. The van der Waals surface area contributed by atoms with Crippen LogP contribution in [-0.2, 0) is 20.0 Å². The van der Waals surface area contributed by atoms with Gasteiger partial charge in [0.25, 0.3) is 11.8 Å². The van der Waals surface area contributed by atoms with E-state index in [1.54, 1.807) is 31.3 Å². The molecular formula is C24H22ClN7O5S. The number of allylic oxidation sites excluding steroid dienone is 2. The normalized spacial score (nSPS) is 16.6. The number of thiol groups is 1. The van der Waals surface area contributed by atoms with Crippen LogP contribution in [0.1, 0.15) is 33.1 Å². The van der Waals surface area contributed by atoms with Crippen LogP contribution in [-0.4, -0.2) is 56.1 Å². The molecule has 3 N–H and O–H groups in total. The first kappa shape index (κ1) is 26.6. The molecule has 0 aliphatic carbocycles. The van der Waals surface area contributed by atoms with Gasteiger partial charge in [0, 0.05) is 31.4 Å². The molecule has 4 rings (SSSR count). The highest BCUT2D eigenvalue weighted by Gasteiger charge is 2.35. The molecule has 38 heavy (non-hydrogen) atoms. The number of aromatic nitrogens is 1. The van der Waals surface area contributed by atoms with E-state index >= 15 is 0 Å². The number of nitrogens with one attached hydrogen (secondary N) is 3. The number of rotatable bonds is 6. The monoisotopic (exact) mass is 555 g/mol. The van der Waals surface area contributed by atoms with Gasteiger partial charge < -0.3 is 20.2 Å². The lowest BCUT2D eigenvalue weighted by Crippen LogP contribution is -2.39. The summed E-state index contributed by atoms with van der Waals surface area (Å²) < 4.78 is 27.8. The minimum atomic E-state index is -3.26. The summed E-state index contributed by atoms with van der Waals surface area (Å²) >= 11 is 6.35. The number of carbonyl (C=O) groups excluding carboxylic acids is 2. The number of halogens is 1. The first-order valence-electron chi connectivity index (χ1n) is 11.2. The number of hydrogen-bond acceptors (Lipinski definition) is 10. The Morgan fingerprint density at radius 1 is 1.29 bits per heavy atom. The summed E-state index contributed by atoms with van der Waals surface area (Å²) in [5, 5.41) is 19.2. The Balaban J connectivity index is 1.67. The van der Waals surface area contributed by atoms with Crippen molar-refractivity contribution >= 4 is 45.9 Å². The minimum absolute atomic E-state index is 0.0576. The van der Waals surface area contributed by atoms with E-state index in [1.165, 1.54) is 30.2 Å². The summed E-state index contributed by atoms with van der Waals surface area (Å²) in [6.07, 6.45) is 4.34. The second-order valence-electron chi connectivity index (χ2n) is 8.21. The van der Waals surface area contributed by atoms with E-state index in [2.05, 4.69) is 26.1 Å². The third kappa shape index (κ3) is 5.46. The van der Waals surface area contributed by atoms with Crippen molar-refractivity contribution in [2.24, 2.45) is 5.10 Å². The molecule has 1 unspecified atom stereocenters. The fourth-order valence-corrected chi connectivity index (χ4v) is 4.66. The zero-order chi connectivity index (χ0) is 27.4. The molecule has 0 spiro atoms. The first-order valence-corrected chi connectivity index (χ1v) is 12.7. The van der Waals surface area contributed by atoms with Crippen LogP contribution in [0.4, 0.5) is 5.69 Å². The number of carbonyl (C=O) groups is 2. The molecule has 0 saturated carbocycles. The maximum absolute atomic E-state index is 13.4. The number of nitriles is 1. The van der Waals surface area contributed by atoms with Gasteiger partial charge in [-0.2, -0.15) is 18.8 Å². The number of hydrogen-bond donors (Lipinski definition) is 4. The van der Waals surface area contributed by atoms with Crippen LogP contribution in [0.5, 0.6) is 0 Å². The van der Waals surface area contributed by atoms with Gasteiger partial charge in [-0.05, 0) is 42.8 Å². The number of amidine groups is 1. The van der Waals surface area contributed by atoms with Crippen LogP contribution >= 0.6 is 11.6 Å². The summed E-state index contributed by atoms with van der Waals surface area (Å²) in [5.74, 6) is -1.18. The van der Waals surface area contributed by atoms with Crippen LogP contribution in [0.15, 0.2) is 59.2 Å². The Bertz CT molecular complexity index is 1520. The summed E-state index contributed by atoms with van der Waals surface area (Å²) in [5.41, 5.74) is 4.77. The van der Waals surface area contributed by atoms with E-state index in [-0.39, 0.29) is 34.8 Å². The highest BCUT2D eigenvalue weighted by Crippen LogP contribution is 2.31. The van der Waals surface area contributed by atoms with E-state index in [0.29, 0.717) is 28.7 Å². The number of hydrazone groups is 1. The van der Waals surface area contributed by atoms with Gasteiger partial charge in [-0.25, -0.2) is 0 Å². The predicted molar refractivity (Wildman–Crippen MR) is 140 cm³/mol. The topological polar surface area (TPSA) is 166 Å². The van der Waals surface area contributed by atoms with E-state index in [1.807, 2.05) is 6.07 Å². The van der Waals surface area contributed by atoms with E-state index in [9.17, 15) is 23.3 Å². The van der Waals surface area contributed by atoms with Gasteiger partial charge in [0.05, 0.1) is 46.1 Å². The van der Waals surface area contributed by atoms with E-state index in [4.69, 9.17) is 15.8 Å². The van der Waals surface area contributed by atoms with Gasteiger partial charge >= 0.3 is 11.0 Å². The molecule has 2 amide bonds. The van der Waals surface area contributed by atoms with Crippen molar-refractivity contribution in [2.45, 2.75) is 12.8 Å². The van der Waals surface area contributed by atoms with Crippen LogP contribution < -0.4 is 16.1 Å². The highest BCUT2D eigenvalue weighted by atomic mass is 35.5. The average Bonchev–Trinajstić information content (AvgIpc) is 3.38. The van der Waals surface area contributed by atoms with Crippen LogP contribution in [0.2, 0.25) is 5.02 Å². The molecule has 0 radical (unpaired) electrons. The standard InChI is InChI=1S/C24H22ClN7O5S/c1-13-8-14(10-26)9-16(24(34)27-2)20(13)30-23(33)15-5-6-19(37-38(35)36)32(12-15)22-17(11-29-31-22)21-18(25)4-3-7-28-21/h3-9,17,29,38H,11-12H2,1-2H3,(H,27,34)(H,30,33). The smallest absolute Gasteiger partial charge is 0.300 e. The zero-order valence-electron chi connectivity index (χ0n) is 20.2. The second kappa shape index (κ2) is 11.3. The number of benzene rings is 1. The molecule has 1 aromatic heterocycles. The maximum Gasteiger partial charge on any atom is 0.300 e. The molecule has 0 bridgehead atoms. The summed E-state index contributed by atoms with van der Waals surface area (Å²) in [6.45, 7) is 1.90. The molecule has 3 heterocycles. The summed E-state index contributed by atoms with van der Waals surface area (Å²) in [6, 6.07) is 8.31. The van der Waals surface area contributed by atoms with Gasteiger partial charge in [0.1, 0.15) is 5.84 Å². The SMILES string of the molecule is CNC(=O)c1cc(C#N)cc(C)c1NC(=O)C1=CC=C(O[SH](=O)=O)N(C2=NNCC2c2ncccc2Cl)C1. The van der Waals surface area contributed by atoms with Crippen molar-refractivity contribution in [2.75, 3.05) is 25.5 Å². The first-order chi connectivity index (χ1) is 18.2. The van der Waals surface area contributed by atoms with Crippen molar-refractivity contribution in [3.8, 4) is 6.07 Å². The van der Waals surface area contributed by atoms with Crippen molar-refractivity contribution < 1.29 is 22.2 Å². The van der Waals surface area contributed by atoms with E-state index in [0.717, 1.165) is 0 Å². The largest absolute Gasteiger partial charge is 0.365 e. The van der Waals surface area contributed by atoms with Gasteiger partial charge in [-0.15, -0.1) is 0 Å². The van der Waals surface area contributed by atoms with Gasteiger partial charge in [-0.3, -0.25) is 19.5 Å². The Hall–Kier alpha value is -4.41. The van der Waals surface area contributed by atoms with Crippen molar-refractivity contribution in [3.63, 3.8) is 0 Å². The quantitative estimate of drug-likeness (QED) is 0.387. The Morgan fingerprint density at radius 2 is 2.08 bits per heavy atom. The molecule has 0 fully saturated rings. The Labute approximate surface area is 224 Å². The highest BCUT2D eigenvalue weighted by molar-refractivity contribution is 7.67. The lowest BCUT2D eigenvalue weighted by Gasteiger charge is -2.30. The summed E-state index contributed by atoms with van der Waals surface area (Å²) in [4.78, 5) is 31.6. The molecule has 2 aliphatic heterocycles. The molecule has 12 nitrogen and oxygen atoms in total. The lowest BCUT2D eigenvalue weighted by atomic mass is 10.0. The van der Waals surface area contributed by atoms with Gasteiger partial charge in [0.2, 0.25) is 5.88 Å². The average molecular weight is 556 g/mol. The molecule has 196 valence electrons. The fourth-order valence-electron chi connectivity index (χ4n) is 4.09. The third-order valence-corrected chi connectivity index (χ3v) is 6.51. The third-order valence-electron chi connectivity index (χ3n) is 5.85. The van der Waals surface area contributed by atoms with Crippen molar-refractivity contribution in [1.82, 2.24) is 20.6 Å². The summed E-state index contributed by atoms with van der Waals surface area (Å²) in [7, 11) is -1.82. The van der Waals surface area contributed by atoms with Crippen LogP contribution in [0.3, 0.4) is 0 Å². The maximum atomic E-state index is 13.4. The lowest BCUT2D eigenvalue weighted by molar-refractivity contribution is -0.113. The molecule has 1 atom stereocenters. The molecule has 2 aliphatic rings. The molecule has 0 saturated heterocycles. The minimum Gasteiger partial charge on any atom is -0.365 e. The number of anilines is 1. The van der Waals surface area contributed by atoms with Crippen molar-refractivity contribution in [1.29, 1.82) is 5.26 Å². The van der Waals surface area contributed by atoms with E-state index < -0.39 is 28.7 Å². The van der Waals surface area contributed by atoms with Crippen LogP contribution in [0.25, 0.3) is 0 Å². The Kier molecular flexibility index (Phi) is 7.94.